The lowest BCUT2D eigenvalue weighted by molar-refractivity contribution is -0.141. The number of nitrogens with zero attached hydrogens (tertiary/aromatic N) is 4. The molecule has 0 spiro atoms. The Morgan fingerprint density at radius 3 is 2.39 bits per heavy atom. The van der Waals surface area contributed by atoms with Gasteiger partial charge in [0.2, 0.25) is 11.8 Å². The summed E-state index contributed by atoms with van der Waals surface area (Å²) in [6.45, 7) is 1.56. The smallest absolute Gasteiger partial charge is 0.225 e. The highest BCUT2D eigenvalue weighted by atomic mass is 16.2. The van der Waals surface area contributed by atoms with Crippen LogP contribution in [0.15, 0.2) is 18.3 Å². The van der Waals surface area contributed by atoms with Crippen LogP contribution in [0, 0.1) is 11.8 Å². The lowest BCUT2D eigenvalue weighted by Crippen LogP contribution is -2.43. The predicted octanol–water partition coefficient (Wildman–Crippen LogP) is 2.56. The second-order valence-corrected chi connectivity index (χ2v) is 8.38. The van der Waals surface area contributed by atoms with Gasteiger partial charge in [0, 0.05) is 51.1 Å². The standard InChI is InChI=1S/C21H29N5O2/c1-25(2)20(27)15-5-7-16(8-6-15)21(28)26-12-9-14(10-13-26)18-23-17-4-3-11-22-19(17)24-18/h3-4,11,14-16H,5-10,12-13H2,1-2H3,(H,22,23,24). The summed E-state index contributed by atoms with van der Waals surface area (Å²) >= 11 is 0. The van der Waals surface area contributed by atoms with E-state index < -0.39 is 0 Å². The summed E-state index contributed by atoms with van der Waals surface area (Å²) in [6, 6.07) is 3.90. The molecule has 0 atom stereocenters. The van der Waals surface area contributed by atoms with Gasteiger partial charge in [-0.15, -0.1) is 0 Å². The number of hydrogen-bond donors (Lipinski definition) is 1. The largest absolute Gasteiger partial charge is 0.349 e. The molecule has 7 heteroatoms. The van der Waals surface area contributed by atoms with Crippen molar-refractivity contribution >= 4 is 23.0 Å². The molecule has 7 nitrogen and oxygen atoms in total. The number of imidazole rings is 1. The predicted molar refractivity (Wildman–Crippen MR) is 107 cm³/mol. The highest BCUT2D eigenvalue weighted by Gasteiger charge is 2.34. The number of carbonyl (C=O) groups is 2. The van der Waals surface area contributed by atoms with Crippen LogP contribution >= 0.6 is 0 Å². The fourth-order valence-electron chi connectivity index (χ4n) is 4.64. The van der Waals surface area contributed by atoms with E-state index in [4.69, 9.17) is 0 Å². The van der Waals surface area contributed by atoms with Gasteiger partial charge in [0.25, 0.3) is 0 Å². The van der Waals surface area contributed by atoms with Crippen LogP contribution in [0.1, 0.15) is 50.3 Å². The summed E-state index contributed by atoms with van der Waals surface area (Å²) in [7, 11) is 3.61. The van der Waals surface area contributed by atoms with E-state index in [-0.39, 0.29) is 23.7 Å². The first kappa shape index (κ1) is 18.9. The minimum atomic E-state index is 0.0816. The molecule has 0 radical (unpaired) electrons. The third-order valence-electron chi connectivity index (χ3n) is 6.34. The van der Waals surface area contributed by atoms with Gasteiger partial charge in [-0.05, 0) is 50.7 Å². The van der Waals surface area contributed by atoms with Crippen LogP contribution in [0.4, 0.5) is 0 Å². The minimum Gasteiger partial charge on any atom is -0.349 e. The zero-order chi connectivity index (χ0) is 19.7. The Kier molecular flexibility index (Phi) is 5.33. The van der Waals surface area contributed by atoms with Gasteiger partial charge in [0.1, 0.15) is 5.82 Å². The average molecular weight is 383 g/mol. The van der Waals surface area contributed by atoms with Gasteiger partial charge in [-0.2, -0.15) is 0 Å². The maximum atomic E-state index is 12.9. The first-order valence-corrected chi connectivity index (χ1v) is 10.3. The van der Waals surface area contributed by atoms with Gasteiger partial charge in [0.15, 0.2) is 5.65 Å². The second kappa shape index (κ2) is 7.89. The Morgan fingerprint density at radius 1 is 1.07 bits per heavy atom. The van der Waals surface area contributed by atoms with Gasteiger partial charge in [0.05, 0.1) is 5.52 Å². The molecule has 0 unspecified atom stereocenters. The van der Waals surface area contributed by atoms with Crippen molar-refractivity contribution in [2.45, 2.75) is 44.4 Å². The van der Waals surface area contributed by atoms with E-state index in [1.54, 1.807) is 11.1 Å². The molecule has 28 heavy (non-hydrogen) atoms. The van der Waals surface area contributed by atoms with E-state index in [0.717, 1.165) is 68.6 Å². The number of fused-ring (bicyclic) bond motifs is 1. The number of rotatable bonds is 3. The van der Waals surface area contributed by atoms with Gasteiger partial charge in [-0.3, -0.25) is 9.59 Å². The van der Waals surface area contributed by atoms with Crippen LogP contribution in [0.2, 0.25) is 0 Å². The number of nitrogens with one attached hydrogen (secondary N) is 1. The Morgan fingerprint density at radius 2 is 1.75 bits per heavy atom. The monoisotopic (exact) mass is 383 g/mol. The fraction of sp³-hybridized carbons (Fsp3) is 0.619. The number of likely N-dealkylation sites (tertiary alicyclic amines) is 1. The number of carbonyl (C=O) groups excluding carboxylic acids is 2. The molecule has 1 saturated heterocycles. The maximum absolute atomic E-state index is 12.9. The zero-order valence-corrected chi connectivity index (χ0v) is 16.7. The summed E-state index contributed by atoms with van der Waals surface area (Å²) in [6.07, 6.45) is 6.94. The van der Waals surface area contributed by atoms with Gasteiger partial charge < -0.3 is 14.8 Å². The van der Waals surface area contributed by atoms with E-state index >= 15 is 0 Å². The molecule has 0 aromatic carbocycles. The molecule has 1 aliphatic heterocycles. The third kappa shape index (κ3) is 3.75. The molecule has 2 aliphatic rings. The van der Waals surface area contributed by atoms with Crippen LogP contribution < -0.4 is 0 Å². The van der Waals surface area contributed by atoms with Crippen LogP contribution in [0.25, 0.3) is 11.2 Å². The molecule has 1 N–H and O–H groups in total. The summed E-state index contributed by atoms with van der Waals surface area (Å²) < 4.78 is 0. The van der Waals surface area contributed by atoms with E-state index in [1.807, 2.05) is 31.1 Å². The van der Waals surface area contributed by atoms with Gasteiger partial charge in [-0.1, -0.05) is 0 Å². The number of aromatic nitrogens is 3. The topological polar surface area (TPSA) is 82.2 Å². The number of piperidine rings is 1. The van der Waals surface area contributed by atoms with Crippen LogP contribution in [0.3, 0.4) is 0 Å². The highest BCUT2D eigenvalue weighted by molar-refractivity contribution is 5.81. The van der Waals surface area contributed by atoms with Crippen molar-refractivity contribution in [3.8, 4) is 0 Å². The second-order valence-electron chi connectivity index (χ2n) is 8.38. The minimum absolute atomic E-state index is 0.0816. The molecule has 2 amide bonds. The zero-order valence-electron chi connectivity index (χ0n) is 16.7. The van der Waals surface area contributed by atoms with Crippen molar-refractivity contribution in [1.29, 1.82) is 0 Å². The highest BCUT2D eigenvalue weighted by Crippen LogP contribution is 2.33. The summed E-state index contributed by atoms with van der Waals surface area (Å²) in [5.74, 6) is 1.99. The number of H-pyrrole nitrogens is 1. The molecule has 2 aromatic rings. The fourth-order valence-corrected chi connectivity index (χ4v) is 4.64. The number of hydrogen-bond acceptors (Lipinski definition) is 4. The molecular weight excluding hydrogens is 354 g/mol. The van der Waals surface area contributed by atoms with Crippen molar-refractivity contribution in [1.82, 2.24) is 24.8 Å². The molecule has 1 saturated carbocycles. The van der Waals surface area contributed by atoms with Crippen LogP contribution in [0.5, 0.6) is 0 Å². The third-order valence-corrected chi connectivity index (χ3v) is 6.34. The first-order chi connectivity index (χ1) is 13.5. The molecule has 150 valence electrons. The molecule has 0 bridgehead atoms. The normalized spacial score (nSPS) is 23.7. The molecule has 3 heterocycles. The number of aromatic amines is 1. The van der Waals surface area contributed by atoms with E-state index in [9.17, 15) is 9.59 Å². The number of pyridine rings is 1. The Hall–Kier alpha value is -2.44. The summed E-state index contributed by atoms with van der Waals surface area (Å²) in [5, 5.41) is 0. The van der Waals surface area contributed by atoms with E-state index in [0.29, 0.717) is 5.92 Å². The molecule has 4 rings (SSSR count). The van der Waals surface area contributed by atoms with Gasteiger partial charge >= 0.3 is 0 Å². The lowest BCUT2D eigenvalue weighted by atomic mass is 9.80. The average Bonchev–Trinajstić information content (AvgIpc) is 3.17. The maximum Gasteiger partial charge on any atom is 0.225 e. The van der Waals surface area contributed by atoms with Crippen molar-refractivity contribution in [2.24, 2.45) is 11.8 Å². The Balaban J connectivity index is 1.30. The van der Waals surface area contributed by atoms with Crippen molar-refractivity contribution in [2.75, 3.05) is 27.2 Å². The first-order valence-electron chi connectivity index (χ1n) is 10.3. The molecular formula is C21H29N5O2. The molecule has 2 aromatic heterocycles. The quantitative estimate of drug-likeness (QED) is 0.883. The van der Waals surface area contributed by atoms with E-state index in [1.165, 1.54) is 0 Å². The SMILES string of the molecule is CN(C)C(=O)C1CCC(C(=O)N2CCC(c3nc4ncccc4[nH]3)CC2)CC1. The van der Waals surface area contributed by atoms with E-state index in [2.05, 4.69) is 15.0 Å². The molecule has 2 fully saturated rings. The van der Waals surface area contributed by atoms with Crippen molar-refractivity contribution in [3.63, 3.8) is 0 Å². The Bertz CT molecular complexity index is 812. The van der Waals surface area contributed by atoms with Crippen LogP contribution in [-0.4, -0.2) is 63.8 Å². The van der Waals surface area contributed by atoms with Gasteiger partial charge in [-0.25, -0.2) is 9.97 Å². The van der Waals surface area contributed by atoms with Crippen LogP contribution in [-0.2, 0) is 9.59 Å². The summed E-state index contributed by atoms with van der Waals surface area (Å²) in [4.78, 5) is 41.1. The molecule has 1 aliphatic carbocycles. The number of amides is 2. The summed E-state index contributed by atoms with van der Waals surface area (Å²) in [5.41, 5.74) is 1.74. The lowest BCUT2D eigenvalue weighted by Gasteiger charge is -2.36. The van der Waals surface area contributed by atoms with Crippen molar-refractivity contribution < 1.29 is 9.59 Å². The Labute approximate surface area is 165 Å². The van der Waals surface area contributed by atoms with Crippen molar-refractivity contribution in [3.05, 3.63) is 24.2 Å².